The van der Waals surface area contributed by atoms with Gasteiger partial charge in [0.05, 0.1) is 0 Å². The molecule has 0 atom stereocenters. The summed E-state index contributed by atoms with van der Waals surface area (Å²) in [6.45, 7) is 0.641. The molecule has 2 rings (SSSR count). The Morgan fingerprint density at radius 3 is 2.72 bits per heavy atom. The van der Waals surface area contributed by atoms with Gasteiger partial charge in [0, 0.05) is 12.6 Å². The van der Waals surface area contributed by atoms with Gasteiger partial charge in [0.25, 0.3) is 0 Å². The summed E-state index contributed by atoms with van der Waals surface area (Å²) in [6, 6.07) is 11.7. The van der Waals surface area contributed by atoms with Gasteiger partial charge in [0.15, 0.2) is 0 Å². The predicted octanol–water partition coefficient (Wildman–Crippen LogP) is 2.84. The molecular weight excluding hydrogens is 248 g/mol. The van der Waals surface area contributed by atoms with Gasteiger partial charge in [-0.2, -0.15) is 4.98 Å². The number of hydrogen-bond acceptors (Lipinski definition) is 4. The highest BCUT2D eigenvalue weighted by atomic mass is 35.5. The molecule has 0 radical (unpaired) electrons. The van der Waals surface area contributed by atoms with E-state index in [2.05, 4.69) is 15.3 Å². The highest BCUT2D eigenvalue weighted by Crippen LogP contribution is 2.12. The maximum absolute atomic E-state index is 5.77. The van der Waals surface area contributed by atoms with Gasteiger partial charge in [-0.3, -0.25) is 0 Å². The van der Waals surface area contributed by atoms with Crippen LogP contribution in [0.1, 0.15) is 5.56 Å². The Labute approximate surface area is 111 Å². The zero-order valence-corrected chi connectivity index (χ0v) is 10.4. The van der Waals surface area contributed by atoms with Gasteiger partial charge in [-0.05, 0) is 5.56 Å². The molecule has 0 aliphatic carbocycles. The number of nitrogen functional groups attached to an aromatic ring is 1. The number of halogens is 1. The number of nitrogens with one attached hydrogen (secondary N) is 1. The lowest BCUT2D eigenvalue weighted by Gasteiger charge is -2.03. The number of benzene rings is 1. The zero-order chi connectivity index (χ0) is 12.8. The smallest absolute Gasteiger partial charge is 0.223 e. The molecule has 18 heavy (non-hydrogen) atoms. The van der Waals surface area contributed by atoms with Crippen molar-refractivity contribution in [2.45, 2.75) is 0 Å². The fraction of sp³-hybridized carbons (Fsp3) is 0.0769. The summed E-state index contributed by atoms with van der Waals surface area (Å²) in [5.41, 5.74) is 6.64. The lowest BCUT2D eigenvalue weighted by Crippen LogP contribution is -2.03. The molecular formula is C13H13ClN4. The van der Waals surface area contributed by atoms with E-state index in [1.54, 1.807) is 6.07 Å². The van der Waals surface area contributed by atoms with Crippen LogP contribution in [0, 0.1) is 0 Å². The second-order valence-corrected chi connectivity index (χ2v) is 4.02. The van der Waals surface area contributed by atoms with Gasteiger partial charge >= 0.3 is 0 Å². The first kappa shape index (κ1) is 12.4. The third-order valence-corrected chi connectivity index (χ3v) is 2.42. The first-order valence-corrected chi connectivity index (χ1v) is 5.87. The minimum atomic E-state index is 0.164. The van der Waals surface area contributed by atoms with Crippen LogP contribution in [0.3, 0.4) is 0 Å². The second kappa shape index (κ2) is 6.02. The molecule has 0 saturated heterocycles. The summed E-state index contributed by atoms with van der Waals surface area (Å²) in [5, 5.41) is 3.42. The molecule has 4 nitrogen and oxygen atoms in total. The Kier molecular flexibility index (Phi) is 4.15. The van der Waals surface area contributed by atoms with E-state index in [1.165, 1.54) is 0 Å². The Balaban J connectivity index is 1.90. The molecule has 0 unspecified atom stereocenters. The van der Waals surface area contributed by atoms with Crippen molar-refractivity contribution in [3.63, 3.8) is 0 Å². The molecule has 92 valence electrons. The quantitative estimate of drug-likeness (QED) is 0.830. The number of rotatable bonds is 4. The third kappa shape index (κ3) is 3.75. The highest BCUT2D eigenvalue weighted by molar-refractivity contribution is 6.29. The average Bonchev–Trinajstić information content (AvgIpc) is 2.35. The van der Waals surface area contributed by atoms with E-state index in [0.29, 0.717) is 17.5 Å². The third-order valence-electron chi connectivity index (χ3n) is 2.22. The van der Waals surface area contributed by atoms with Gasteiger partial charge in [-0.25, -0.2) is 4.98 Å². The number of anilines is 2. The largest absolute Gasteiger partial charge is 0.368 e. The number of aromatic nitrogens is 2. The van der Waals surface area contributed by atoms with Crippen LogP contribution in [0.15, 0.2) is 42.5 Å². The van der Waals surface area contributed by atoms with Crippen molar-refractivity contribution in [2.24, 2.45) is 0 Å². The van der Waals surface area contributed by atoms with Crippen LogP contribution in [0.2, 0.25) is 5.15 Å². The molecule has 0 aliphatic rings. The predicted molar refractivity (Wildman–Crippen MR) is 75.4 cm³/mol. The minimum Gasteiger partial charge on any atom is -0.368 e. The standard InChI is InChI=1S/C13H13ClN4/c14-11-9-12(18-13(15)17-11)16-8-4-7-10-5-2-1-3-6-10/h1-7,9H,8H2,(H3,15,16,17,18)/b7-4+. The molecule has 2 aromatic rings. The van der Waals surface area contributed by atoms with Gasteiger partial charge in [0.1, 0.15) is 11.0 Å². The topological polar surface area (TPSA) is 63.8 Å². The molecule has 1 heterocycles. The SMILES string of the molecule is Nc1nc(Cl)cc(NC/C=C/c2ccccc2)n1. The molecule has 1 aromatic carbocycles. The van der Waals surface area contributed by atoms with Gasteiger partial charge in [-0.15, -0.1) is 0 Å². The van der Waals surface area contributed by atoms with E-state index in [4.69, 9.17) is 17.3 Å². The van der Waals surface area contributed by atoms with Crippen LogP contribution in [0.5, 0.6) is 0 Å². The van der Waals surface area contributed by atoms with E-state index < -0.39 is 0 Å². The van der Waals surface area contributed by atoms with Crippen LogP contribution < -0.4 is 11.1 Å². The van der Waals surface area contributed by atoms with Crippen LogP contribution in [0.25, 0.3) is 6.08 Å². The van der Waals surface area contributed by atoms with E-state index >= 15 is 0 Å². The van der Waals surface area contributed by atoms with Crippen molar-refractivity contribution < 1.29 is 0 Å². The Bertz CT molecular complexity index is 520. The van der Waals surface area contributed by atoms with Crippen LogP contribution in [0.4, 0.5) is 11.8 Å². The van der Waals surface area contributed by atoms with Gasteiger partial charge in [0.2, 0.25) is 5.95 Å². The fourth-order valence-corrected chi connectivity index (χ4v) is 1.64. The summed E-state index contributed by atoms with van der Waals surface area (Å²) in [4.78, 5) is 7.80. The van der Waals surface area contributed by atoms with Crippen LogP contribution >= 0.6 is 11.6 Å². The number of nitrogens with zero attached hydrogens (tertiary/aromatic N) is 2. The molecule has 0 bridgehead atoms. The number of nitrogens with two attached hydrogens (primary N) is 1. The van der Waals surface area contributed by atoms with Crippen LogP contribution in [-0.4, -0.2) is 16.5 Å². The fourth-order valence-electron chi connectivity index (χ4n) is 1.45. The van der Waals surface area contributed by atoms with Crippen LogP contribution in [-0.2, 0) is 0 Å². The normalized spacial score (nSPS) is 10.7. The van der Waals surface area contributed by atoms with E-state index in [9.17, 15) is 0 Å². The second-order valence-electron chi connectivity index (χ2n) is 3.63. The first-order chi connectivity index (χ1) is 8.74. The maximum Gasteiger partial charge on any atom is 0.223 e. The lowest BCUT2D eigenvalue weighted by atomic mass is 10.2. The van der Waals surface area contributed by atoms with Crippen molar-refractivity contribution in [2.75, 3.05) is 17.6 Å². The molecule has 5 heteroatoms. The molecule has 0 amide bonds. The van der Waals surface area contributed by atoms with Crippen molar-refractivity contribution in [3.05, 3.63) is 53.2 Å². The molecule has 0 spiro atoms. The van der Waals surface area contributed by atoms with Crippen molar-refractivity contribution in [3.8, 4) is 0 Å². The van der Waals surface area contributed by atoms with Crippen molar-refractivity contribution in [1.82, 2.24) is 9.97 Å². The van der Waals surface area contributed by atoms with Gasteiger partial charge in [-0.1, -0.05) is 54.1 Å². The summed E-state index contributed by atoms with van der Waals surface area (Å²) in [6.07, 6.45) is 4.03. The van der Waals surface area contributed by atoms with E-state index in [1.807, 2.05) is 42.5 Å². The van der Waals surface area contributed by atoms with E-state index in [0.717, 1.165) is 5.56 Å². The summed E-state index contributed by atoms with van der Waals surface area (Å²) in [7, 11) is 0. The lowest BCUT2D eigenvalue weighted by molar-refractivity contribution is 1.16. The average molecular weight is 261 g/mol. The zero-order valence-electron chi connectivity index (χ0n) is 9.68. The van der Waals surface area contributed by atoms with Crippen molar-refractivity contribution in [1.29, 1.82) is 0 Å². The molecule has 3 N–H and O–H groups in total. The van der Waals surface area contributed by atoms with Gasteiger partial charge < -0.3 is 11.1 Å². The first-order valence-electron chi connectivity index (χ1n) is 5.49. The molecule has 0 fully saturated rings. The monoisotopic (exact) mass is 260 g/mol. The molecule has 0 aliphatic heterocycles. The summed E-state index contributed by atoms with van der Waals surface area (Å²) >= 11 is 5.77. The summed E-state index contributed by atoms with van der Waals surface area (Å²) < 4.78 is 0. The Hall–Kier alpha value is -2.07. The molecule has 1 aromatic heterocycles. The molecule has 0 saturated carbocycles. The summed E-state index contributed by atoms with van der Waals surface area (Å²) in [5.74, 6) is 0.780. The van der Waals surface area contributed by atoms with Crippen molar-refractivity contribution >= 4 is 29.4 Å². The Morgan fingerprint density at radius 1 is 1.22 bits per heavy atom. The van der Waals surface area contributed by atoms with E-state index in [-0.39, 0.29) is 5.95 Å². The maximum atomic E-state index is 5.77. The number of hydrogen-bond donors (Lipinski definition) is 2. The highest BCUT2D eigenvalue weighted by Gasteiger charge is 1.98. The minimum absolute atomic E-state index is 0.164. The Morgan fingerprint density at radius 2 is 2.00 bits per heavy atom.